The number of esters is 1. The molecule has 2 aromatic rings. The summed E-state index contributed by atoms with van der Waals surface area (Å²) in [4.78, 5) is 43.4. The van der Waals surface area contributed by atoms with E-state index in [-0.39, 0.29) is 18.4 Å². The summed E-state index contributed by atoms with van der Waals surface area (Å²) in [6.07, 6.45) is 8.29. The van der Waals surface area contributed by atoms with Crippen molar-refractivity contribution in [2.24, 2.45) is 17.8 Å². The molecule has 4 saturated carbocycles. The van der Waals surface area contributed by atoms with Crippen LogP contribution in [0.5, 0.6) is 0 Å². The summed E-state index contributed by atoms with van der Waals surface area (Å²) in [5.74, 6) is 1.52. The SMILES string of the molecule is O=C(N[C@@H](C(=O)OCC(=O)N1CCN(C23CC4CC(CC(C4)C2)C3)CC1)c1ccccc1)c1ccccc1. The Balaban J connectivity index is 1.04. The maximum Gasteiger partial charge on any atom is 0.333 e. The summed E-state index contributed by atoms with van der Waals surface area (Å²) in [5.41, 5.74) is 1.42. The van der Waals surface area contributed by atoms with Crippen molar-refractivity contribution in [3.8, 4) is 0 Å². The van der Waals surface area contributed by atoms with Gasteiger partial charge in [0.25, 0.3) is 11.8 Å². The van der Waals surface area contributed by atoms with Gasteiger partial charge in [0.15, 0.2) is 12.6 Å². The lowest BCUT2D eigenvalue weighted by atomic mass is 9.52. The molecule has 2 aromatic carbocycles. The normalized spacial score (nSPS) is 29.1. The molecule has 1 atom stereocenters. The van der Waals surface area contributed by atoms with E-state index in [4.69, 9.17) is 4.74 Å². The van der Waals surface area contributed by atoms with Crippen LogP contribution >= 0.6 is 0 Å². The number of carbonyl (C=O) groups is 3. The minimum Gasteiger partial charge on any atom is -0.454 e. The number of amides is 2. The van der Waals surface area contributed by atoms with E-state index in [0.717, 1.165) is 30.8 Å². The van der Waals surface area contributed by atoms with Gasteiger partial charge in [-0.2, -0.15) is 0 Å². The fourth-order valence-corrected chi connectivity index (χ4v) is 7.92. The highest BCUT2D eigenvalue weighted by molar-refractivity contribution is 5.97. The molecule has 0 unspecified atom stereocenters. The third-order valence-electron chi connectivity index (χ3n) is 9.33. The van der Waals surface area contributed by atoms with Crippen LogP contribution in [0.25, 0.3) is 0 Å². The van der Waals surface area contributed by atoms with Gasteiger partial charge in [-0.15, -0.1) is 0 Å². The second kappa shape index (κ2) is 10.5. The van der Waals surface area contributed by atoms with E-state index in [0.29, 0.717) is 29.8 Å². The molecule has 2 amide bonds. The molecular weight excluding hydrogens is 478 g/mol. The molecule has 1 saturated heterocycles. The van der Waals surface area contributed by atoms with Crippen LogP contribution in [-0.4, -0.2) is 65.9 Å². The first kappa shape index (κ1) is 25.1. The average molecular weight is 516 g/mol. The van der Waals surface area contributed by atoms with Crippen LogP contribution in [0.2, 0.25) is 0 Å². The van der Waals surface area contributed by atoms with E-state index in [9.17, 15) is 14.4 Å². The zero-order chi connectivity index (χ0) is 26.1. The van der Waals surface area contributed by atoms with Gasteiger partial charge >= 0.3 is 5.97 Å². The Bertz CT molecular complexity index is 1120. The minimum absolute atomic E-state index is 0.176. The van der Waals surface area contributed by atoms with Crippen molar-refractivity contribution in [2.75, 3.05) is 32.8 Å². The molecule has 4 aliphatic carbocycles. The third-order valence-corrected chi connectivity index (χ3v) is 9.33. The monoisotopic (exact) mass is 515 g/mol. The quantitative estimate of drug-likeness (QED) is 0.568. The summed E-state index contributed by atoms with van der Waals surface area (Å²) >= 11 is 0. The highest BCUT2D eigenvalue weighted by Crippen LogP contribution is 2.57. The van der Waals surface area contributed by atoms with Crippen molar-refractivity contribution >= 4 is 17.8 Å². The molecular formula is C31H37N3O4. The zero-order valence-electron chi connectivity index (χ0n) is 21.9. The van der Waals surface area contributed by atoms with Crippen LogP contribution in [0, 0.1) is 17.8 Å². The van der Waals surface area contributed by atoms with Crippen LogP contribution in [0.4, 0.5) is 0 Å². The summed E-state index contributed by atoms with van der Waals surface area (Å²) < 4.78 is 5.48. The van der Waals surface area contributed by atoms with Crippen molar-refractivity contribution in [1.29, 1.82) is 0 Å². The summed E-state index contributed by atoms with van der Waals surface area (Å²) in [6, 6.07) is 16.7. The summed E-state index contributed by atoms with van der Waals surface area (Å²) in [7, 11) is 0. The number of piperazine rings is 1. The summed E-state index contributed by atoms with van der Waals surface area (Å²) in [5, 5.41) is 2.78. The lowest BCUT2D eigenvalue weighted by Crippen LogP contribution is -2.64. The molecule has 5 fully saturated rings. The maximum absolute atomic E-state index is 13.1. The maximum atomic E-state index is 13.1. The van der Waals surface area contributed by atoms with Gasteiger partial charge in [0.2, 0.25) is 0 Å². The first-order valence-electron chi connectivity index (χ1n) is 14.1. The predicted octanol–water partition coefficient (Wildman–Crippen LogP) is 3.81. The van der Waals surface area contributed by atoms with Gasteiger partial charge in [-0.05, 0) is 74.0 Å². The van der Waals surface area contributed by atoms with Crippen molar-refractivity contribution in [3.05, 3.63) is 71.8 Å². The Hall–Kier alpha value is -3.19. The van der Waals surface area contributed by atoms with Gasteiger partial charge < -0.3 is 15.0 Å². The number of hydrogen-bond donors (Lipinski definition) is 1. The first-order chi connectivity index (χ1) is 18.5. The van der Waals surface area contributed by atoms with Crippen LogP contribution < -0.4 is 5.32 Å². The molecule has 0 spiro atoms. The van der Waals surface area contributed by atoms with Crippen LogP contribution in [-0.2, 0) is 14.3 Å². The molecule has 1 heterocycles. The van der Waals surface area contributed by atoms with Gasteiger partial charge in [0.05, 0.1) is 0 Å². The second-order valence-electron chi connectivity index (χ2n) is 11.8. The third kappa shape index (κ3) is 5.08. The molecule has 0 aromatic heterocycles. The number of hydrogen-bond acceptors (Lipinski definition) is 5. The smallest absolute Gasteiger partial charge is 0.333 e. The Labute approximate surface area is 224 Å². The van der Waals surface area contributed by atoms with Crippen molar-refractivity contribution in [1.82, 2.24) is 15.1 Å². The standard InChI is InChI=1S/C31H37N3O4/c35-27(33-11-13-34(14-12-33)31-18-22-15-23(19-31)17-24(16-22)20-31)21-38-30(37)28(25-7-3-1-4-8-25)32-29(36)26-9-5-2-6-10-26/h1-10,22-24,28H,11-21H2,(H,32,36)/t22?,23?,24?,28-,31?/m1/s1. The average Bonchev–Trinajstić information content (AvgIpc) is 2.94. The Kier molecular flexibility index (Phi) is 6.95. The van der Waals surface area contributed by atoms with Crippen molar-refractivity contribution < 1.29 is 19.1 Å². The highest BCUT2D eigenvalue weighted by Gasteiger charge is 2.53. The number of rotatable bonds is 7. The zero-order valence-corrected chi connectivity index (χ0v) is 21.9. The molecule has 7 heteroatoms. The largest absolute Gasteiger partial charge is 0.454 e. The fourth-order valence-electron chi connectivity index (χ4n) is 7.92. The predicted molar refractivity (Wildman–Crippen MR) is 143 cm³/mol. The van der Waals surface area contributed by atoms with E-state index >= 15 is 0 Å². The van der Waals surface area contributed by atoms with E-state index in [1.165, 1.54) is 38.5 Å². The molecule has 200 valence electrons. The lowest BCUT2D eigenvalue weighted by molar-refractivity contribution is -0.155. The van der Waals surface area contributed by atoms with Crippen molar-refractivity contribution in [2.45, 2.75) is 50.1 Å². The van der Waals surface area contributed by atoms with E-state index < -0.39 is 12.0 Å². The summed E-state index contributed by atoms with van der Waals surface area (Å²) in [6.45, 7) is 2.81. The van der Waals surface area contributed by atoms with Crippen LogP contribution in [0.3, 0.4) is 0 Å². The van der Waals surface area contributed by atoms with E-state index in [2.05, 4.69) is 10.2 Å². The first-order valence-corrected chi connectivity index (χ1v) is 14.1. The highest BCUT2D eigenvalue weighted by atomic mass is 16.5. The number of nitrogens with zero attached hydrogens (tertiary/aromatic N) is 2. The van der Waals surface area contributed by atoms with Gasteiger partial charge in [-0.3, -0.25) is 14.5 Å². The van der Waals surface area contributed by atoms with Gasteiger partial charge in [0.1, 0.15) is 0 Å². The Morgan fingerprint density at radius 1 is 0.816 bits per heavy atom. The number of ether oxygens (including phenoxy) is 1. The topological polar surface area (TPSA) is 78.9 Å². The van der Waals surface area contributed by atoms with E-state index in [1.807, 2.05) is 17.0 Å². The lowest BCUT2D eigenvalue weighted by Gasteiger charge is -2.61. The molecule has 5 aliphatic rings. The van der Waals surface area contributed by atoms with Crippen LogP contribution in [0.15, 0.2) is 60.7 Å². The Morgan fingerprint density at radius 3 is 1.95 bits per heavy atom. The second-order valence-corrected chi connectivity index (χ2v) is 11.8. The minimum atomic E-state index is -0.996. The molecule has 7 rings (SSSR count). The number of benzene rings is 2. The molecule has 4 bridgehead atoms. The van der Waals surface area contributed by atoms with Gasteiger partial charge in [-0.1, -0.05) is 48.5 Å². The molecule has 38 heavy (non-hydrogen) atoms. The molecule has 0 radical (unpaired) electrons. The molecule has 1 N–H and O–H groups in total. The molecule has 7 nitrogen and oxygen atoms in total. The van der Waals surface area contributed by atoms with Crippen molar-refractivity contribution in [3.63, 3.8) is 0 Å². The fraction of sp³-hybridized carbons (Fsp3) is 0.516. The molecule has 1 aliphatic heterocycles. The van der Waals surface area contributed by atoms with E-state index in [1.54, 1.807) is 48.5 Å². The van der Waals surface area contributed by atoms with Gasteiger partial charge in [-0.25, -0.2) is 4.79 Å². The van der Waals surface area contributed by atoms with Gasteiger partial charge in [0, 0.05) is 37.3 Å². The Morgan fingerprint density at radius 2 is 1.37 bits per heavy atom. The van der Waals surface area contributed by atoms with Crippen LogP contribution in [0.1, 0.15) is 60.5 Å². The number of nitrogens with one attached hydrogen (secondary N) is 1. The number of carbonyl (C=O) groups excluding carboxylic acids is 3.